The van der Waals surface area contributed by atoms with Crippen LogP contribution in [0.5, 0.6) is 0 Å². The summed E-state index contributed by atoms with van der Waals surface area (Å²) in [6.07, 6.45) is 2.22. The molecule has 126 valence electrons. The van der Waals surface area contributed by atoms with E-state index in [0.29, 0.717) is 12.3 Å². The molecule has 0 aromatic heterocycles. The van der Waals surface area contributed by atoms with Crippen LogP contribution >= 0.6 is 0 Å². The predicted octanol–water partition coefficient (Wildman–Crippen LogP) is 4.35. The Kier molecular flexibility index (Phi) is 5.93. The minimum atomic E-state index is -0.982. The van der Waals surface area contributed by atoms with Gasteiger partial charge in [0.2, 0.25) is 0 Å². The second kappa shape index (κ2) is 7.93. The maximum absolute atomic E-state index is 11.0. The number of aryl methyl sites for hydroxylation is 1. The number of hydrogen-bond acceptors (Lipinski definition) is 2. The Labute approximate surface area is 143 Å². The van der Waals surface area contributed by atoms with Crippen molar-refractivity contribution in [1.29, 1.82) is 0 Å². The molecule has 2 rings (SSSR count). The summed E-state index contributed by atoms with van der Waals surface area (Å²) in [5.41, 5.74) is 11.3. The highest BCUT2D eigenvalue weighted by molar-refractivity contribution is 5.81. The average Bonchev–Trinajstić information content (AvgIpc) is 2.56. The van der Waals surface area contributed by atoms with Crippen LogP contribution in [0, 0.1) is 6.92 Å². The third-order valence-electron chi connectivity index (χ3n) is 4.14. The van der Waals surface area contributed by atoms with E-state index in [9.17, 15) is 4.79 Å². The van der Waals surface area contributed by atoms with Crippen molar-refractivity contribution in [2.75, 3.05) is 0 Å². The van der Waals surface area contributed by atoms with Crippen LogP contribution in [0.2, 0.25) is 0 Å². The van der Waals surface area contributed by atoms with E-state index in [2.05, 4.69) is 62.4 Å². The molecule has 0 aliphatic heterocycles. The van der Waals surface area contributed by atoms with E-state index in [0.717, 1.165) is 16.7 Å². The summed E-state index contributed by atoms with van der Waals surface area (Å²) in [5.74, 6) is -0.504. The molecule has 0 amide bonds. The fourth-order valence-electron chi connectivity index (χ4n) is 2.53. The van der Waals surface area contributed by atoms with Crippen LogP contribution < -0.4 is 5.73 Å². The van der Waals surface area contributed by atoms with Gasteiger partial charge >= 0.3 is 5.97 Å². The van der Waals surface area contributed by atoms with Gasteiger partial charge in [-0.15, -0.1) is 0 Å². The van der Waals surface area contributed by atoms with Crippen LogP contribution in [0.1, 0.15) is 48.4 Å². The molecule has 0 aliphatic rings. The molecule has 1 atom stereocenters. The first-order valence-corrected chi connectivity index (χ1v) is 8.24. The van der Waals surface area contributed by atoms with Gasteiger partial charge in [0.25, 0.3) is 0 Å². The van der Waals surface area contributed by atoms with Crippen molar-refractivity contribution in [2.24, 2.45) is 5.73 Å². The van der Waals surface area contributed by atoms with Gasteiger partial charge in [0.1, 0.15) is 6.04 Å². The van der Waals surface area contributed by atoms with Crippen molar-refractivity contribution in [2.45, 2.75) is 39.2 Å². The molecule has 0 bridgehead atoms. The molecule has 0 spiro atoms. The average molecular weight is 323 g/mol. The molecule has 24 heavy (non-hydrogen) atoms. The van der Waals surface area contributed by atoms with Crippen LogP contribution in [-0.4, -0.2) is 17.1 Å². The minimum absolute atomic E-state index is 0.296. The van der Waals surface area contributed by atoms with Crippen molar-refractivity contribution in [3.63, 3.8) is 0 Å². The number of carboxylic acid groups (broad SMARTS) is 1. The Morgan fingerprint density at radius 2 is 1.54 bits per heavy atom. The molecular formula is C21H25NO2. The monoisotopic (exact) mass is 323 g/mol. The molecule has 3 nitrogen and oxygen atoms in total. The number of hydrogen-bond donors (Lipinski definition) is 2. The van der Waals surface area contributed by atoms with Crippen molar-refractivity contribution in [3.05, 3.63) is 76.9 Å². The Balaban J connectivity index is 2.40. The van der Waals surface area contributed by atoms with E-state index >= 15 is 0 Å². The molecule has 0 fully saturated rings. The van der Waals surface area contributed by atoms with Crippen LogP contribution in [-0.2, 0) is 4.79 Å². The largest absolute Gasteiger partial charge is 0.480 e. The van der Waals surface area contributed by atoms with Crippen molar-refractivity contribution < 1.29 is 9.90 Å². The van der Waals surface area contributed by atoms with E-state index in [1.165, 1.54) is 11.1 Å². The number of aliphatic carboxylic acids is 1. The zero-order chi connectivity index (χ0) is 17.7. The Morgan fingerprint density at radius 1 is 1.04 bits per heavy atom. The fraction of sp³-hybridized carbons (Fsp3) is 0.286. The highest BCUT2D eigenvalue weighted by Gasteiger charge is 2.12. The van der Waals surface area contributed by atoms with Gasteiger partial charge in [0, 0.05) is 0 Å². The molecule has 2 aromatic rings. The predicted molar refractivity (Wildman–Crippen MR) is 99.0 cm³/mol. The summed E-state index contributed by atoms with van der Waals surface area (Å²) in [6.45, 7) is 6.38. The quantitative estimate of drug-likeness (QED) is 0.830. The molecule has 0 heterocycles. The summed E-state index contributed by atoms with van der Waals surface area (Å²) in [5, 5.41) is 9.02. The SMILES string of the molecule is Cc1ccc(/C(=C/CC(N)C(=O)O)c2ccc(C(C)C)cc2)cc1. The van der Waals surface area contributed by atoms with E-state index < -0.39 is 12.0 Å². The topological polar surface area (TPSA) is 63.3 Å². The zero-order valence-corrected chi connectivity index (χ0v) is 14.5. The Hall–Kier alpha value is -2.39. The standard InChI is InChI=1S/C21H25NO2/c1-14(2)16-8-10-18(11-9-16)19(12-13-20(22)21(23)24)17-6-4-15(3)5-7-17/h4-12,14,20H,13,22H2,1-3H3,(H,23,24)/b19-12-. The first kappa shape index (κ1) is 18.0. The van der Waals surface area contributed by atoms with Gasteiger partial charge in [-0.25, -0.2) is 0 Å². The Bertz CT molecular complexity index is 713. The molecule has 0 aliphatic carbocycles. The molecule has 0 saturated heterocycles. The normalized spacial score (nSPS) is 13.1. The van der Waals surface area contributed by atoms with Gasteiger partial charge in [0.15, 0.2) is 0 Å². The van der Waals surface area contributed by atoms with E-state index in [-0.39, 0.29) is 0 Å². The summed E-state index contributed by atoms with van der Waals surface area (Å²) < 4.78 is 0. The van der Waals surface area contributed by atoms with Crippen LogP contribution in [0.4, 0.5) is 0 Å². The molecule has 3 heteroatoms. The lowest BCUT2D eigenvalue weighted by Crippen LogP contribution is -2.29. The second-order valence-electron chi connectivity index (χ2n) is 6.44. The van der Waals surface area contributed by atoms with Crippen molar-refractivity contribution >= 4 is 11.5 Å². The smallest absolute Gasteiger partial charge is 0.320 e. The molecule has 1 unspecified atom stereocenters. The van der Waals surface area contributed by atoms with E-state index in [4.69, 9.17) is 10.8 Å². The van der Waals surface area contributed by atoms with E-state index in [1.54, 1.807) is 0 Å². The van der Waals surface area contributed by atoms with Gasteiger partial charge in [-0.05, 0) is 41.5 Å². The first-order chi connectivity index (χ1) is 11.4. The number of carboxylic acids is 1. The van der Waals surface area contributed by atoms with Gasteiger partial charge in [0.05, 0.1) is 0 Å². The van der Waals surface area contributed by atoms with Crippen LogP contribution in [0.3, 0.4) is 0 Å². The summed E-state index contributed by atoms with van der Waals surface area (Å²) in [4.78, 5) is 11.0. The van der Waals surface area contributed by atoms with Crippen molar-refractivity contribution in [1.82, 2.24) is 0 Å². The zero-order valence-electron chi connectivity index (χ0n) is 14.5. The number of carbonyl (C=O) groups is 1. The number of nitrogens with two attached hydrogens (primary N) is 1. The van der Waals surface area contributed by atoms with Crippen molar-refractivity contribution in [3.8, 4) is 0 Å². The van der Waals surface area contributed by atoms with Crippen LogP contribution in [0.25, 0.3) is 5.57 Å². The van der Waals surface area contributed by atoms with E-state index in [1.807, 2.05) is 13.0 Å². The summed E-state index contributed by atoms with van der Waals surface area (Å²) in [7, 11) is 0. The maximum Gasteiger partial charge on any atom is 0.320 e. The molecule has 3 N–H and O–H groups in total. The second-order valence-corrected chi connectivity index (χ2v) is 6.44. The lowest BCUT2D eigenvalue weighted by molar-refractivity contribution is -0.138. The Morgan fingerprint density at radius 3 is 2.00 bits per heavy atom. The lowest BCUT2D eigenvalue weighted by atomic mass is 9.93. The molecule has 0 radical (unpaired) electrons. The summed E-state index contributed by atoms with van der Waals surface area (Å²) >= 11 is 0. The fourth-order valence-corrected chi connectivity index (χ4v) is 2.53. The third kappa shape index (κ3) is 4.56. The van der Waals surface area contributed by atoms with Gasteiger partial charge < -0.3 is 10.8 Å². The first-order valence-electron chi connectivity index (χ1n) is 8.24. The number of rotatable bonds is 6. The lowest BCUT2D eigenvalue weighted by Gasteiger charge is -2.12. The highest BCUT2D eigenvalue weighted by Crippen LogP contribution is 2.26. The molecule has 0 saturated carbocycles. The third-order valence-corrected chi connectivity index (χ3v) is 4.14. The van der Waals surface area contributed by atoms with Gasteiger partial charge in [-0.3, -0.25) is 4.79 Å². The van der Waals surface area contributed by atoms with Gasteiger partial charge in [-0.1, -0.05) is 74.0 Å². The summed E-state index contributed by atoms with van der Waals surface area (Å²) in [6, 6.07) is 15.8. The maximum atomic E-state index is 11.0. The minimum Gasteiger partial charge on any atom is -0.480 e. The number of benzene rings is 2. The van der Waals surface area contributed by atoms with Crippen LogP contribution in [0.15, 0.2) is 54.6 Å². The molecule has 2 aromatic carbocycles. The van der Waals surface area contributed by atoms with Gasteiger partial charge in [-0.2, -0.15) is 0 Å². The molecular weight excluding hydrogens is 298 g/mol. The highest BCUT2D eigenvalue weighted by atomic mass is 16.4.